The number of amides is 1. The molecule has 1 saturated carbocycles. The van der Waals surface area contributed by atoms with Crippen LogP contribution in [-0.2, 0) is 5.41 Å². The molecule has 3 N–H and O–H groups in total. The lowest BCUT2D eigenvalue weighted by Crippen LogP contribution is -2.32. The highest BCUT2D eigenvalue weighted by molar-refractivity contribution is 7.71. The summed E-state index contributed by atoms with van der Waals surface area (Å²) in [4.78, 5) is 18.3. The Kier molecular flexibility index (Phi) is 3.49. The maximum absolute atomic E-state index is 13.8. The minimum atomic E-state index is -0.470. The van der Waals surface area contributed by atoms with E-state index >= 15 is 0 Å². The first-order valence-electron chi connectivity index (χ1n) is 7.83. The molecule has 24 heavy (non-hydrogen) atoms. The first-order valence-corrected chi connectivity index (χ1v) is 8.24. The van der Waals surface area contributed by atoms with Crippen molar-refractivity contribution in [3.63, 3.8) is 0 Å². The van der Waals surface area contributed by atoms with Gasteiger partial charge < -0.3 is 15.3 Å². The van der Waals surface area contributed by atoms with Crippen LogP contribution in [0.5, 0.6) is 0 Å². The summed E-state index contributed by atoms with van der Waals surface area (Å²) in [7, 11) is 0. The molecule has 1 amide bonds. The molecule has 1 fully saturated rings. The average molecular weight is 341 g/mol. The maximum atomic E-state index is 13.8. The largest absolute Gasteiger partial charge is 0.351 e. The second-order valence-electron chi connectivity index (χ2n) is 6.28. The number of rotatable bonds is 4. The van der Waals surface area contributed by atoms with Crippen molar-refractivity contribution in [3.8, 4) is 0 Å². The Labute approximate surface area is 143 Å². The zero-order valence-electron chi connectivity index (χ0n) is 12.9. The molecule has 0 saturated heterocycles. The van der Waals surface area contributed by atoms with Gasteiger partial charge in [-0.05, 0) is 42.8 Å². The first kappa shape index (κ1) is 15.1. The highest BCUT2D eigenvalue weighted by Gasteiger charge is 2.44. The van der Waals surface area contributed by atoms with Gasteiger partial charge in [0.25, 0.3) is 5.91 Å². The zero-order valence-corrected chi connectivity index (χ0v) is 13.7. The van der Waals surface area contributed by atoms with Crippen molar-refractivity contribution in [2.45, 2.75) is 18.3 Å². The Balaban J connectivity index is 1.58. The topological polar surface area (TPSA) is 60.7 Å². The van der Waals surface area contributed by atoms with Gasteiger partial charge in [-0.3, -0.25) is 4.79 Å². The van der Waals surface area contributed by atoms with Crippen LogP contribution in [-0.4, -0.2) is 22.4 Å². The molecule has 0 atom stereocenters. The fraction of sp³-hybridized carbons (Fsp3) is 0.222. The van der Waals surface area contributed by atoms with Gasteiger partial charge in [0, 0.05) is 12.0 Å². The van der Waals surface area contributed by atoms with Crippen molar-refractivity contribution in [1.82, 2.24) is 15.3 Å². The van der Waals surface area contributed by atoms with Gasteiger partial charge >= 0.3 is 0 Å². The minimum absolute atomic E-state index is 0.00833. The third-order valence-electron chi connectivity index (χ3n) is 4.66. The van der Waals surface area contributed by atoms with E-state index in [1.54, 1.807) is 0 Å². The van der Waals surface area contributed by atoms with Gasteiger partial charge in [-0.2, -0.15) is 0 Å². The number of carbonyl (C=O) groups is 1. The van der Waals surface area contributed by atoms with E-state index in [4.69, 9.17) is 12.2 Å². The number of imidazole rings is 1. The summed E-state index contributed by atoms with van der Waals surface area (Å²) in [5.41, 5.74) is 2.53. The molecule has 4 nitrogen and oxygen atoms in total. The van der Waals surface area contributed by atoms with Gasteiger partial charge in [-0.25, -0.2) is 4.39 Å². The predicted octanol–water partition coefficient (Wildman–Crippen LogP) is 3.83. The van der Waals surface area contributed by atoms with Crippen molar-refractivity contribution in [2.75, 3.05) is 6.54 Å². The minimum Gasteiger partial charge on any atom is -0.351 e. The van der Waals surface area contributed by atoms with E-state index in [-0.39, 0.29) is 16.9 Å². The van der Waals surface area contributed by atoms with E-state index in [1.807, 2.05) is 18.2 Å². The summed E-state index contributed by atoms with van der Waals surface area (Å²) in [6.45, 7) is 0.541. The van der Waals surface area contributed by atoms with Crippen LogP contribution < -0.4 is 5.32 Å². The monoisotopic (exact) mass is 341 g/mol. The van der Waals surface area contributed by atoms with Crippen molar-refractivity contribution in [1.29, 1.82) is 0 Å². The SMILES string of the molecule is O=C(NCC1(c2ccccc2)CC1)c1cc(F)cc2[nH]c(=S)[nH]c12. The lowest BCUT2D eigenvalue weighted by molar-refractivity contribution is 0.0951. The standard InChI is InChI=1S/C18H16FN3OS/c19-12-8-13(15-14(9-12)21-17(24)22-15)16(23)20-10-18(6-7-18)11-4-2-1-3-5-11/h1-5,8-9H,6-7,10H2,(H,20,23)(H2,21,22,24). The summed E-state index contributed by atoms with van der Waals surface area (Å²) < 4.78 is 14.1. The smallest absolute Gasteiger partial charge is 0.253 e. The summed E-state index contributed by atoms with van der Waals surface area (Å²) in [6, 6.07) is 12.7. The van der Waals surface area contributed by atoms with E-state index in [9.17, 15) is 9.18 Å². The van der Waals surface area contributed by atoms with Crippen LogP contribution >= 0.6 is 12.2 Å². The lowest BCUT2D eigenvalue weighted by atomic mass is 9.96. The molecule has 0 aliphatic heterocycles. The number of halogens is 1. The molecule has 0 unspecified atom stereocenters. The molecule has 0 bridgehead atoms. The molecule has 1 aliphatic carbocycles. The fourth-order valence-electron chi connectivity index (χ4n) is 3.14. The molecular weight excluding hydrogens is 325 g/mol. The first-order chi connectivity index (χ1) is 11.6. The normalized spacial score (nSPS) is 15.4. The van der Waals surface area contributed by atoms with Crippen molar-refractivity contribution in [3.05, 3.63) is 64.2 Å². The van der Waals surface area contributed by atoms with E-state index in [2.05, 4.69) is 27.4 Å². The van der Waals surface area contributed by atoms with Gasteiger partial charge in [-0.15, -0.1) is 0 Å². The molecule has 1 aliphatic rings. The van der Waals surface area contributed by atoms with Gasteiger partial charge in [0.1, 0.15) is 5.82 Å². The Hall–Kier alpha value is -2.47. The van der Waals surface area contributed by atoms with Crippen LogP contribution in [0.15, 0.2) is 42.5 Å². The third kappa shape index (κ3) is 2.63. The molecule has 2 aromatic carbocycles. The van der Waals surface area contributed by atoms with Gasteiger partial charge in [0.05, 0.1) is 16.6 Å². The van der Waals surface area contributed by atoms with Gasteiger partial charge in [0.2, 0.25) is 0 Å². The van der Waals surface area contributed by atoms with Gasteiger partial charge in [-0.1, -0.05) is 30.3 Å². The molecule has 4 rings (SSSR count). The van der Waals surface area contributed by atoms with Crippen LogP contribution in [0.4, 0.5) is 4.39 Å². The molecule has 1 aromatic heterocycles. The molecule has 0 spiro atoms. The highest BCUT2D eigenvalue weighted by atomic mass is 32.1. The Morgan fingerprint density at radius 1 is 1.21 bits per heavy atom. The predicted molar refractivity (Wildman–Crippen MR) is 93.1 cm³/mol. The van der Waals surface area contributed by atoms with E-state index < -0.39 is 5.82 Å². The maximum Gasteiger partial charge on any atom is 0.253 e. The second-order valence-corrected chi connectivity index (χ2v) is 6.69. The summed E-state index contributed by atoms with van der Waals surface area (Å²) in [5.74, 6) is -0.769. The molecule has 6 heteroatoms. The highest BCUT2D eigenvalue weighted by Crippen LogP contribution is 2.47. The molecule has 1 heterocycles. The summed E-state index contributed by atoms with van der Waals surface area (Å²) in [6.07, 6.45) is 2.09. The quantitative estimate of drug-likeness (QED) is 0.632. The number of H-pyrrole nitrogens is 2. The number of aromatic nitrogens is 2. The number of carbonyl (C=O) groups excluding carboxylic acids is 1. The number of hydrogen-bond donors (Lipinski definition) is 3. The Morgan fingerprint density at radius 2 is 1.96 bits per heavy atom. The third-order valence-corrected chi connectivity index (χ3v) is 4.87. The summed E-state index contributed by atoms with van der Waals surface area (Å²) >= 11 is 5.03. The Bertz CT molecular complexity index is 973. The molecular formula is C18H16FN3OS. The van der Waals surface area contributed by atoms with E-state index in [1.165, 1.54) is 17.7 Å². The number of fused-ring (bicyclic) bond motifs is 1. The molecule has 0 radical (unpaired) electrons. The second kappa shape index (κ2) is 5.56. The summed E-state index contributed by atoms with van der Waals surface area (Å²) in [5, 5.41) is 2.96. The van der Waals surface area contributed by atoms with Crippen LogP contribution in [0.2, 0.25) is 0 Å². The van der Waals surface area contributed by atoms with Crippen molar-refractivity contribution < 1.29 is 9.18 Å². The number of benzene rings is 2. The number of aromatic amines is 2. The van der Waals surface area contributed by atoms with Crippen LogP contribution in [0.1, 0.15) is 28.8 Å². The number of hydrogen-bond acceptors (Lipinski definition) is 2. The van der Waals surface area contributed by atoms with Crippen LogP contribution in [0.25, 0.3) is 11.0 Å². The van der Waals surface area contributed by atoms with Crippen LogP contribution in [0.3, 0.4) is 0 Å². The van der Waals surface area contributed by atoms with Crippen molar-refractivity contribution in [2.24, 2.45) is 0 Å². The molecule has 122 valence electrons. The van der Waals surface area contributed by atoms with Gasteiger partial charge in [0.15, 0.2) is 4.77 Å². The van der Waals surface area contributed by atoms with E-state index in [0.717, 1.165) is 12.8 Å². The lowest BCUT2D eigenvalue weighted by Gasteiger charge is -2.16. The Morgan fingerprint density at radius 3 is 2.67 bits per heavy atom. The van der Waals surface area contributed by atoms with Crippen LogP contribution in [0, 0.1) is 10.6 Å². The zero-order chi connectivity index (χ0) is 16.7. The average Bonchev–Trinajstić information content (AvgIpc) is 3.28. The van der Waals surface area contributed by atoms with Crippen molar-refractivity contribution >= 4 is 29.2 Å². The fourth-order valence-corrected chi connectivity index (χ4v) is 3.35. The molecule has 3 aromatic rings. The van der Waals surface area contributed by atoms with E-state index in [0.29, 0.717) is 22.3 Å². The number of nitrogens with one attached hydrogen (secondary N) is 3.